The normalized spacial score (nSPS) is 18.9. The molecule has 1 heterocycles. The van der Waals surface area contributed by atoms with Crippen molar-refractivity contribution in [3.05, 3.63) is 28.8 Å². The highest BCUT2D eigenvalue weighted by atomic mass is 35.5. The summed E-state index contributed by atoms with van der Waals surface area (Å²) in [6.07, 6.45) is -1.99. The van der Waals surface area contributed by atoms with E-state index in [0.29, 0.717) is 18.4 Å². The third-order valence-electron chi connectivity index (χ3n) is 3.80. The fourth-order valence-corrected chi connectivity index (χ4v) is 3.84. The minimum atomic E-state index is -4.70. The molecule has 0 radical (unpaired) electrons. The Bertz CT molecular complexity index is 648. The molecule has 24 heavy (non-hydrogen) atoms. The first kappa shape index (κ1) is 21.5. The molecule has 138 valence electrons. The lowest BCUT2D eigenvalue weighted by atomic mass is 9.96. The van der Waals surface area contributed by atoms with Gasteiger partial charge in [-0.25, -0.2) is 13.1 Å². The molecular formula is C14H19Cl2F3N2O2S. The van der Waals surface area contributed by atoms with Gasteiger partial charge in [-0.15, -0.1) is 12.4 Å². The average Bonchev–Trinajstić information content (AvgIpc) is 2.47. The van der Waals surface area contributed by atoms with Gasteiger partial charge in [-0.3, -0.25) is 0 Å². The van der Waals surface area contributed by atoms with Crippen molar-refractivity contribution in [3.63, 3.8) is 0 Å². The first-order valence-corrected chi connectivity index (χ1v) is 9.13. The zero-order valence-corrected chi connectivity index (χ0v) is 15.1. The highest BCUT2D eigenvalue weighted by Crippen LogP contribution is 2.35. The van der Waals surface area contributed by atoms with Gasteiger partial charge in [0.2, 0.25) is 10.0 Å². The molecule has 2 N–H and O–H groups in total. The second kappa shape index (κ2) is 8.71. The van der Waals surface area contributed by atoms with Crippen molar-refractivity contribution in [1.29, 1.82) is 0 Å². The van der Waals surface area contributed by atoms with Gasteiger partial charge in [-0.05, 0) is 56.5 Å². The van der Waals surface area contributed by atoms with Gasteiger partial charge < -0.3 is 5.32 Å². The number of sulfonamides is 1. The van der Waals surface area contributed by atoms with Gasteiger partial charge in [-0.1, -0.05) is 11.6 Å². The van der Waals surface area contributed by atoms with Crippen molar-refractivity contribution in [2.75, 3.05) is 19.6 Å². The van der Waals surface area contributed by atoms with Crippen molar-refractivity contribution in [2.24, 2.45) is 5.92 Å². The summed E-state index contributed by atoms with van der Waals surface area (Å²) >= 11 is 5.49. The van der Waals surface area contributed by atoms with E-state index in [1.54, 1.807) is 0 Å². The second-order valence-corrected chi connectivity index (χ2v) is 7.71. The van der Waals surface area contributed by atoms with Crippen LogP contribution in [0.3, 0.4) is 0 Å². The lowest BCUT2D eigenvalue weighted by molar-refractivity contribution is -0.137. The van der Waals surface area contributed by atoms with Crippen LogP contribution in [-0.2, 0) is 16.2 Å². The van der Waals surface area contributed by atoms with E-state index in [1.165, 1.54) is 0 Å². The molecule has 1 atom stereocenters. The van der Waals surface area contributed by atoms with Crippen molar-refractivity contribution < 1.29 is 21.6 Å². The van der Waals surface area contributed by atoms with E-state index < -0.39 is 31.7 Å². The van der Waals surface area contributed by atoms with Crippen molar-refractivity contribution >= 4 is 34.0 Å². The number of hydrogen-bond donors (Lipinski definition) is 2. The van der Waals surface area contributed by atoms with Crippen LogP contribution < -0.4 is 10.0 Å². The molecule has 1 saturated heterocycles. The van der Waals surface area contributed by atoms with E-state index in [4.69, 9.17) is 11.6 Å². The SMILES string of the molecule is Cl.O=S(=O)(NCCC1CCCNC1)c1ccc(Cl)c(C(F)(F)F)c1. The van der Waals surface area contributed by atoms with Crippen molar-refractivity contribution in [1.82, 2.24) is 10.0 Å². The Morgan fingerprint density at radius 3 is 2.62 bits per heavy atom. The highest BCUT2D eigenvalue weighted by molar-refractivity contribution is 7.89. The van der Waals surface area contributed by atoms with Crippen molar-refractivity contribution in [3.8, 4) is 0 Å². The lowest BCUT2D eigenvalue weighted by Gasteiger charge is -2.22. The first-order valence-electron chi connectivity index (χ1n) is 7.27. The second-order valence-electron chi connectivity index (χ2n) is 5.54. The number of rotatable bonds is 5. The van der Waals surface area contributed by atoms with E-state index in [2.05, 4.69) is 10.0 Å². The molecule has 2 rings (SSSR count). The summed E-state index contributed by atoms with van der Waals surface area (Å²) in [6, 6.07) is 2.58. The maximum absolute atomic E-state index is 12.8. The molecule has 0 aliphatic carbocycles. The first-order chi connectivity index (χ1) is 10.7. The topological polar surface area (TPSA) is 58.2 Å². The summed E-state index contributed by atoms with van der Waals surface area (Å²) in [7, 11) is -3.99. The Labute approximate surface area is 150 Å². The van der Waals surface area contributed by atoms with Gasteiger partial charge in [0.15, 0.2) is 0 Å². The molecule has 4 nitrogen and oxygen atoms in total. The Balaban J connectivity index is 0.00000288. The van der Waals surface area contributed by atoms with Crippen LogP contribution in [0.2, 0.25) is 5.02 Å². The molecule has 10 heteroatoms. The molecule has 1 fully saturated rings. The van der Waals surface area contributed by atoms with Crippen LogP contribution in [0.25, 0.3) is 0 Å². The molecule has 0 saturated carbocycles. The molecule has 1 aromatic carbocycles. The summed E-state index contributed by atoms with van der Waals surface area (Å²) in [5.41, 5.74) is -1.15. The molecule has 0 bridgehead atoms. The predicted molar refractivity (Wildman–Crippen MR) is 89.1 cm³/mol. The summed E-state index contributed by atoms with van der Waals surface area (Å²) in [5, 5.41) is 2.70. The summed E-state index contributed by atoms with van der Waals surface area (Å²) in [6.45, 7) is 1.99. The minimum Gasteiger partial charge on any atom is -0.316 e. The fraction of sp³-hybridized carbons (Fsp3) is 0.571. The fourth-order valence-electron chi connectivity index (χ4n) is 2.54. The third kappa shape index (κ3) is 5.77. The summed E-state index contributed by atoms with van der Waals surface area (Å²) < 4.78 is 65.0. The Hall–Kier alpha value is -0.540. The quantitative estimate of drug-likeness (QED) is 0.786. The number of hydrogen-bond acceptors (Lipinski definition) is 3. The molecule has 1 aliphatic heterocycles. The Morgan fingerprint density at radius 2 is 2.04 bits per heavy atom. The van der Waals surface area contributed by atoms with Crippen LogP contribution in [0.1, 0.15) is 24.8 Å². The number of alkyl halides is 3. The molecular weight excluding hydrogens is 388 g/mol. The van der Waals surface area contributed by atoms with E-state index in [-0.39, 0.29) is 19.0 Å². The van der Waals surface area contributed by atoms with Crippen LogP contribution in [0.5, 0.6) is 0 Å². The van der Waals surface area contributed by atoms with Crippen LogP contribution >= 0.6 is 24.0 Å². The third-order valence-corrected chi connectivity index (χ3v) is 5.59. The molecule has 1 unspecified atom stereocenters. The molecule has 1 aromatic rings. The van der Waals surface area contributed by atoms with Gasteiger partial charge in [0.1, 0.15) is 0 Å². The van der Waals surface area contributed by atoms with Gasteiger partial charge in [0.05, 0.1) is 15.5 Å². The highest BCUT2D eigenvalue weighted by Gasteiger charge is 2.34. The minimum absolute atomic E-state index is 0. The predicted octanol–water partition coefficient (Wildman–Crippen LogP) is 3.45. The number of halogens is 5. The van der Waals surface area contributed by atoms with Crippen LogP contribution in [0, 0.1) is 5.92 Å². The smallest absolute Gasteiger partial charge is 0.316 e. The van der Waals surface area contributed by atoms with Crippen LogP contribution in [0.4, 0.5) is 13.2 Å². The number of benzene rings is 1. The average molecular weight is 407 g/mol. The van der Waals surface area contributed by atoms with E-state index >= 15 is 0 Å². The standard InChI is InChI=1S/C14H18ClF3N2O2S.ClH/c15-13-4-3-11(8-12(13)14(16,17)18)23(21,22)20-7-5-10-2-1-6-19-9-10;/h3-4,8,10,19-20H,1-2,5-7,9H2;1H. The largest absolute Gasteiger partial charge is 0.417 e. The van der Waals surface area contributed by atoms with E-state index in [1.807, 2.05) is 0 Å². The Morgan fingerprint density at radius 1 is 1.33 bits per heavy atom. The zero-order chi connectivity index (χ0) is 17.1. The molecule has 1 aliphatic rings. The Kier molecular flexibility index (Phi) is 7.80. The van der Waals surface area contributed by atoms with Gasteiger partial charge >= 0.3 is 6.18 Å². The van der Waals surface area contributed by atoms with Gasteiger partial charge in [0.25, 0.3) is 0 Å². The molecule has 0 spiro atoms. The maximum Gasteiger partial charge on any atom is 0.417 e. The van der Waals surface area contributed by atoms with Crippen molar-refractivity contribution in [2.45, 2.75) is 30.3 Å². The van der Waals surface area contributed by atoms with E-state index in [0.717, 1.165) is 38.1 Å². The molecule has 0 amide bonds. The monoisotopic (exact) mass is 406 g/mol. The lowest BCUT2D eigenvalue weighted by Crippen LogP contribution is -2.33. The maximum atomic E-state index is 12.8. The zero-order valence-electron chi connectivity index (χ0n) is 12.7. The van der Waals surface area contributed by atoms with Gasteiger partial charge in [-0.2, -0.15) is 13.2 Å². The number of piperidine rings is 1. The molecule has 0 aromatic heterocycles. The number of nitrogens with one attached hydrogen (secondary N) is 2. The van der Waals surface area contributed by atoms with E-state index in [9.17, 15) is 21.6 Å². The summed E-state index contributed by atoms with van der Waals surface area (Å²) in [4.78, 5) is -0.434. The summed E-state index contributed by atoms with van der Waals surface area (Å²) in [5.74, 6) is 0.377. The van der Waals surface area contributed by atoms with Crippen LogP contribution in [0.15, 0.2) is 23.1 Å². The van der Waals surface area contributed by atoms with Crippen LogP contribution in [-0.4, -0.2) is 28.1 Å². The van der Waals surface area contributed by atoms with Gasteiger partial charge in [0, 0.05) is 6.54 Å².